The van der Waals surface area contributed by atoms with Crippen molar-refractivity contribution < 1.29 is 32.2 Å². The largest absolute Gasteiger partial charge is 0.486 e. The van der Waals surface area contributed by atoms with Gasteiger partial charge >= 0.3 is 5.97 Å². The number of hydrogen-bond acceptors (Lipinski definition) is 5. The summed E-state index contributed by atoms with van der Waals surface area (Å²) in [5.74, 6) is -2.06. The normalized spacial score (nSPS) is 13.4. The first-order valence-corrected chi connectivity index (χ1v) is 8.79. The van der Waals surface area contributed by atoms with Crippen molar-refractivity contribution in [1.82, 2.24) is 0 Å². The third-order valence-corrected chi connectivity index (χ3v) is 4.98. The quantitative estimate of drug-likeness (QED) is 0.836. The lowest BCUT2D eigenvalue weighted by molar-refractivity contribution is 0.0685. The summed E-state index contributed by atoms with van der Waals surface area (Å²) in [5.41, 5.74) is -0.312. The lowest BCUT2D eigenvalue weighted by atomic mass is 10.2. The van der Waals surface area contributed by atoms with E-state index >= 15 is 0 Å². The fourth-order valence-electron chi connectivity index (χ4n) is 2.22. The highest BCUT2D eigenvalue weighted by Gasteiger charge is 2.26. The summed E-state index contributed by atoms with van der Waals surface area (Å²) in [6, 6.07) is 5.42. The first-order valence-electron chi connectivity index (χ1n) is 6.93. The first kappa shape index (κ1) is 17.3. The predicted molar refractivity (Wildman–Crippen MR) is 86.6 cm³/mol. The minimum absolute atomic E-state index is 0.0173. The van der Waals surface area contributed by atoms with Crippen molar-refractivity contribution >= 4 is 33.3 Å². The molecule has 132 valence electrons. The number of carbonyl (C=O) groups is 1. The van der Waals surface area contributed by atoms with Crippen molar-refractivity contribution in [2.24, 2.45) is 0 Å². The van der Waals surface area contributed by atoms with Crippen LogP contribution in [0.15, 0.2) is 35.2 Å². The molecular weight excluding hydrogens is 377 g/mol. The number of benzene rings is 2. The maximum Gasteiger partial charge on any atom is 0.339 e. The number of carboxylic acid groups (broad SMARTS) is 1. The summed E-state index contributed by atoms with van der Waals surface area (Å²) in [6.07, 6.45) is 0. The van der Waals surface area contributed by atoms with Crippen LogP contribution in [-0.2, 0) is 10.0 Å². The van der Waals surface area contributed by atoms with E-state index < -0.39 is 21.8 Å². The zero-order valence-corrected chi connectivity index (χ0v) is 14.0. The molecule has 1 aliphatic heterocycles. The molecule has 0 spiro atoms. The lowest BCUT2D eigenvalue weighted by Crippen LogP contribution is -2.20. The second-order valence-corrected chi connectivity index (χ2v) is 7.12. The third-order valence-electron chi connectivity index (χ3n) is 3.33. The first-order chi connectivity index (χ1) is 11.8. The van der Waals surface area contributed by atoms with Crippen molar-refractivity contribution in [1.29, 1.82) is 0 Å². The van der Waals surface area contributed by atoms with Crippen LogP contribution in [0.2, 0.25) is 5.02 Å². The van der Waals surface area contributed by atoms with Gasteiger partial charge in [0.15, 0.2) is 11.5 Å². The van der Waals surface area contributed by atoms with Crippen LogP contribution >= 0.6 is 11.6 Å². The van der Waals surface area contributed by atoms with E-state index in [0.717, 1.165) is 24.3 Å². The molecule has 3 rings (SSSR count). The Kier molecular flexibility index (Phi) is 4.44. The maximum absolute atomic E-state index is 13.2. The van der Waals surface area contributed by atoms with E-state index in [4.69, 9.17) is 21.1 Å². The van der Waals surface area contributed by atoms with E-state index in [1.165, 1.54) is 6.07 Å². The van der Waals surface area contributed by atoms with Gasteiger partial charge in [0.1, 0.15) is 24.6 Å². The van der Waals surface area contributed by atoms with Gasteiger partial charge < -0.3 is 14.6 Å². The Morgan fingerprint density at radius 3 is 2.60 bits per heavy atom. The molecule has 1 heterocycles. The Morgan fingerprint density at radius 2 is 1.92 bits per heavy atom. The molecule has 1 aliphatic rings. The summed E-state index contributed by atoms with van der Waals surface area (Å²) < 4.78 is 51.0. The van der Waals surface area contributed by atoms with Crippen molar-refractivity contribution in [3.8, 4) is 11.5 Å². The van der Waals surface area contributed by atoms with Gasteiger partial charge in [-0.1, -0.05) is 11.6 Å². The van der Waals surface area contributed by atoms with Crippen LogP contribution in [0.4, 0.5) is 10.1 Å². The monoisotopic (exact) mass is 387 g/mol. The van der Waals surface area contributed by atoms with Gasteiger partial charge in [0.2, 0.25) is 0 Å². The van der Waals surface area contributed by atoms with Crippen LogP contribution in [0.25, 0.3) is 0 Å². The molecule has 0 aromatic heterocycles. The molecule has 0 amide bonds. The van der Waals surface area contributed by atoms with E-state index in [2.05, 4.69) is 4.72 Å². The molecule has 0 atom stereocenters. The minimum Gasteiger partial charge on any atom is -0.486 e. The standard InChI is InChI=1S/C15H11ClFNO6S/c16-11-5-8(1-2-12(11)17)18-25(21,22)9-6-10(15(19)20)14-13(7-9)23-3-4-24-14/h1-2,5-7,18H,3-4H2,(H,19,20). The number of carboxylic acids is 1. The fourth-order valence-corrected chi connectivity index (χ4v) is 3.49. The number of aromatic carboxylic acids is 1. The second-order valence-electron chi connectivity index (χ2n) is 5.03. The number of sulfonamides is 1. The van der Waals surface area contributed by atoms with E-state index in [9.17, 15) is 22.7 Å². The predicted octanol–water partition coefficient (Wildman–Crippen LogP) is 2.75. The van der Waals surface area contributed by atoms with E-state index in [1.807, 2.05) is 0 Å². The Hall–Kier alpha value is -2.52. The summed E-state index contributed by atoms with van der Waals surface area (Å²) in [4.78, 5) is 11.0. The second kappa shape index (κ2) is 6.41. The maximum atomic E-state index is 13.2. The molecule has 0 aliphatic carbocycles. The number of nitrogens with one attached hydrogen (secondary N) is 1. The lowest BCUT2D eigenvalue weighted by Gasteiger charge is -2.21. The van der Waals surface area contributed by atoms with Crippen LogP contribution in [0.3, 0.4) is 0 Å². The molecule has 0 saturated heterocycles. The van der Waals surface area contributed by atoms with Crippen LogP contribution < -0.4 is 14.2 Å². The Morgan fingerprint density at radius 1 is 1.20 bits per heavy atom. The van der Waals surface area contributed by atoms with Gasteiger partial charge in [0.25, 0.3) is 10.0 Å². The Balaban J connectivity index is 2.03. The zero-order chi connectivity index (χ0) is 18.2. The number of hydrogen-bond donors (Lipinski definition) is 2. The highest BCUT2D eigenvalue weighted by Crippen LogP contribution is 2.37. The van der Waals surface area contributed by atoms with Gasteiger partial charge in [-0.05, 0) is 24.3 Å². The van der Waals surface area contributed by atoms with Gasteiger partial charge in [-0.3, -0.25) is 4.72 Å². The van der Waals surface area contributed by atoms with Gasteiger partial charge in [-0.2, -0.15) is 0 Å². The summed E-state index contributed by atoms with van der Waals surface area (Å²) >= 11 is 5.63. The average Bonchev–Trinajstić information content (AvgIpc) is 2.56. The van der Waals surface area contributed by atoms with Crippen LogP contribution in [-0.4, -0.2) is 32.7 Å². The molecule has 7 nitrogen and oxygen atoms in total. The van der Waals surface area contributed by atoms with Crippen LogP contribution in [0, 0.1) is 5.82 Å². The van der Waals surface area contributed by atoms with Gasteiger partial charge in [-0.15, -0.1) is 0 Å². The Bertz CT molecular complexity index is 963. The third kappa shape index (κ3) is 3.47. The van der Waals surface area contributed by atoms with Gasteiger partial charge in [0.05, 0.1) is 15.6 Å². The molecule has 0 unspecified atom stereocenters. The molecule has 0 bridgehead atoms. The highest BCUT2D eigenvalue weighted by atomic mass is 35.5. The molecule has 2 N–H and O–H groups in total. The number of halogens is 2. The van der Waals surface area contributed by atoms with E-state index in [1.54, 1.807) is 0 Å². The molecule has 0 saturated carbocycles. The van der Waals surface area contributed by atoms with Crippen molar-refractivity contribution in [2.45, 2.75) is 4.90 Å². The van der Waals surface area contributed by atoms with Crippen molar-refractivity contribution in [2.75, 3.05) is 17.9 Å². The van der Waals surface area contributed by atoms with Crippen molar-refractivity contribution in [3.05, 3.63) is 46.7 Å². The van der Waals surface area contributed by atoms with Gasteiger partial charge in [-0.25, -0.2) is 17.6 Å². The Labute approximate surface area is 147 Å². The molecular formula is C15H11ClFNO6S. The molecule has 0 fully saturated rings. The van der Waals surface area contributed by atoms with Crippen molar-refractivity contribution in [3.63, 3.8) is 0 Å². The smallest absolute Gasteiger partial charge is 0.339 e. The summed E-state index contributed by atoms with van der Waals surface area (Å²) in [6.45, 7) is 0.322. The van der Waals surface area contributed by atoms with Gasteiger partial charge in [0, 0.05) is 6.07 Å². The van der Waals surface area contributed by atoms with E-state index in [-0.39, 0.29) is 45.9 Å². The molecule has 10 heteroatoms. The number of fused-ring (bicyclic) bond motifs is 1. The number of rotatable bonds is 4. The number of ether oxygens (including phenoxy) is 2. The summed E-state index contributed by atoms with van der Waals surface area (Å²) in [5, 5.41) is 9.02. The SMILES string of the molecule is O=C(O)c1cc(S(=O)(=O)Nc2ccc(F)c(Cl)c2)cc2c1OCCO2. The average molecular weight is 388 g/mol. The minimum atomic E-state index is -4.16. The number of anilines is 1. The van der Waals surface area contributed by atoms with Crippen LogP contribution in [0.1, 0.15) is 10.4 Å². The van der Waals surface area contributed by atoms with E-state index in [0.29, 0.717) is 0 Å². The summed E-state index contributed by atoms with van der Waals surface area (Å²) in [7, 11) is -4.16. The fraction of sp³-hybridized carbons (Fsp3) is 0.133. The molecule has 2 aromatic carbocycles. The zero-order valence-electron chi connectivity index (χ0n) is 12.5. The molecule has 25 heavy (non-hydrogen) atoms. The molecule has 0 radical (unpaired) electrons. The van der Waals surface area contributed by atoms with Crippen LogP contribution in [0.5, 0.6) is 11.5 Å². The molecule has 2 aromatic rings. The topological polar surface area (TPSA) is 102 Å². The highest BCUT2D eigenvalue weighted by molar-refractivity contribution is 7.92.